The molecule has 2 unspecified atom stereocenters. The van der Waals surface area contributed by atoms with Crippen molar-refractivity contribution >= 4 is 0 Å². The number of benzene rings is 1. The Morgan fingerprint density at radius 2 is 1.39 bits per heavy atom. The van der Waals surface area contributed by atoms with Crippen LogP contribution in [0.4, 0.5) is 0 Å². The van der Waals surface area contributed by atoms with Gasteiger partial charge in [-0.2, -0.15) is 0 Å². The summed E-state index contributed by atoms with van der Waals surface area (Å²) in [6, 6.07) is 9.01. The Balaban J connectivity index is 2.70. The molecular weight excluding hydrogens is 222 g/mol. The predicted octanol–water partition coefficient (Wildman–Crippen LogP) is 3.62. The molecule has 1 aromatic rings. The van der Waals surface area contributed by atoms with Crippen molar-refractivity contribution in [2.24, 2.45) is 0 Å². The monoisotopic (exact) mass is 249 g/mol. The summed E-state index contributed by atoms with van der Waals surface area (Å²) < 4.78 is 0. The smallest absolute Gasteiger partial charge is 0.0741 e. The van der Waals surface area contributed by atoms with Crippen LogP contribution < -0.4 is 5.32 Å². The van der Waals surface area contributed by atoms with Gasteiger partial charge in [-0.05, 0) is 44.7 Å². The van der Waals surface area contributed by atoms with Gasteiger partial charge in [0.1, 0.15) is 0 Å². The summed E-state index contributed by atoms with van der Waals surface area (Å²) in [7, 11) is 0. The summed E-state index contributed by atoms with van der Waals surface area (Å²) in [6.45, 7) is 12.2. The molecule has 1 aromatic carbocycles. The molecule has 1 rings (SSSR count). The first-order chi connectivity index (χ1) is 8.21. The largest absolute Gasteiger partial charge is 0.389 e. The minimum Gasteiger partial charge on any atom is -0.389 e. The second-order valence-electron chi connectivity index (χ2n) is 6.09. The van der Waals surface area contributed by atoms with E-state index >= 15 is 0 Å². The van der Waals surface area contributed by atoms with Gasteiger partial charge in [0.15, 0.2) is 0 Å². The molecule has 0 saturated carbocycles. The molecule has 0 aliphatic carbocycles. The summed E-state index contributed by atoms with van der Waals surface area (Å²) in [5, 5.41) is 13.4. The van der Waals surface area contributed by atoms with E-state index in [2.05, 4.69) is 50.4 Å². The number of nitrogens with one attached hydrogen (secondary N) is 1. The quantitative estimate of drug-likeness (QED) is 0.835. The van der Waals surface area contributed by atoms with Crippen LogP contribution in [-0.2, 0) is 0 Å². The Kier molecular flexibility index (Phi) is 4.94. The third-order valence-corrected chi connectivity index (χ3v) is 3.66. The van der Waals surface area contributed by atoms with E-state index in [0.717, 1.165) is 0 Å². The molecule has 0 bridgehead atoms. The topological polar surface area (TPSA) is 32.3 Å². The lowest BCUT2D eigenvalue weighted by molar-refractivity contribution is 0.0405. The first kappa shape index (κ1) is 15.2. The van der Waals surface area contributed by atoms with Gasteiger partial charge in [0.2, 0.25) is 0 Å². The lowest BCUT2D eigenvalue weighted by atomic mass is 9.97. The van der Waals surface area contributed by atoms with E-state index in [4.69, 9.17) is 0 Å². The van der Waals surface area contributed by atoms with Crippen molar-refractivity contribution in [2.45, 2.75) is 65.1 Å². The molecule has 0 saturated heterocycles. The van der Waals surface area contributed by atoms with E-state index in [1.807, 2.05) is 20.8 Å². The van der Waals surface area contributed by atoms with Crippen LogP contribution in [-0.4, -0.2) is 16.7 Å². The maximum absolute atomic E-state index is 9.94. The molecule has 0 radical (unpaired) electrons. The van der Waals surface area contributed by atoms with Crippen molar-refractivity contribution in [3.63, 3.8) is 0 Å². The Hall–Kier alpha value is -0.860. The first-order valence-corrected chi connectivity index (χ1v) is 6.80. The Bertz CT molecular complexity index is 362. The van der Waals surface area contributed by atoms with Crippen LogP contribution in [0, 0.1) is 0 Å². The van der Waals surface area contributed by atoms with E-state index in [9.17, 15) is 5.11 Å². The molecule has 102 valence electrons. The van der Waals surface area contributed by atoms with Crippen LogP contribution in [0.15, 0.2) is 24.3 Å². The minimum atomic E-state index is -0.702. The normalized spacial score (nSPS) is 15.8. The average molecular weight is 249 g/mol. The van der Waals surface area contributed by atoms with Crippen molar-refractivity contribution < 1.29 is 5.11 Å². The van der Waals surface area contributed by atoms with Crippen LogP contribution in [0.5, 0.6) is 0 Å². The number of aliphatic hydroxyl groups is 1. The highest BCUT2D eigenvalue weighted by Gasteiger charge is 2.23. The average Bonchev–Trinajstić information content (AvgIpc) is 2.27. The molecule has 0 heterocycles. The molecule has 0 aliphatic rings. The number of hydrogen-bond acceptors (Lipinski definition) is 2. The lowest BCUT2D eigenvalue weighted by Gasteiger charge is -2.30. The van der Waals surface area contributed by atoms with Crippen molar-refractivity contribution in [2.75, 3.05) is 0 Å². The highest BCUT2D eigenvalue weighted by molar-refractivity contribution is 5.26. The third-order valence-electron chi connectivity index (χ3n) is 3.66. The second-order valence-corrected chi connectivity index (χ2v) is 6.09. The van der Waals surface area contributed by atoms with E-state index in [1.54, 1.807) is 0 Å². The summed E-state index contributed by atoms with van der Waals surface area (Å²) in [4.78, 5) is 0. The zero-order valence-corrected chi connectivity index (χ0v) is 12.5. The Morgan fingerprint density at radius 3 is 1.78 bits per heavy atom. The van der Waals surface area contributed by atoms with Crippen LogP contribution in [0.2, 0.25) is 0 Å². The molecule has 18 heavy (non-hydrogen) atoms. The standard InChI is InChI=1S/C16H27NO/c1-11(2)14-7-9-15(10-8-14)12(3)17-13(4)16(5,6)18/h7-13,17-18H,1-6H3. The highest BCUT2D eigenvalue weighted by Crippen LogP contribution is 2.20. The van der Waals surface area contributed by atoms with Gasteiger partial charge < -0.3 is 10.4 Å². The van der Waals surface area contributed by atoms with Crippen molar-refractivity contribution in [1.82, 2.24) is 5.32 Å². The number of hydrogen-bond donors (Lipinski definition) is 2. The summed E-state index contributed by atoms with van der Waals surface area (Å²) in [5.41, 5.74) is 1.92. The molecule has 0 fully saturated rings. The third kappa shape index (κ3) is 4.11. The zero-order chi connectivity index (χ0) is 13.9. The van der Waals surface area contributed by atoms with Gasteiger partial charge in [0, 0.05) is 12.1 Å². The molecule has 2 nitrogen and oxygen atoms in total. The molecule has 2 atom stereocenters. The van der Waals surface area contributed by atoms with Crippen LogP contribution in [0.25, 0.3) is 0 Å². The van der Waals surface area contributed by atoms with E-state index in [-0.39, 0.29) is 12.1 Å². The van der Waals surface area contributed by atoms with Crippen molar-refractivity contribution in [1.29, 1.82) is 0 Å². The molecule has 0 aliphatic heterocycles. The summed E-state index contributed by atoms with van der Waals surface area (Å²) in [5.74, 6) is 0.567. The summed E-state index contributed by atoms with van der Waals surface area (Å²) >= 11 is 0. The molecule has 0 aromatic heterocycles. The van der Waals surface area contributed by atoms with Crippen LogP contribution in [0.3, 0.4) is 0 Å². The maximum Gasteiger partial charge on any atom is 0.0741 e. The fourth-order valence-corrected chi connectivity index (χ4v) is 1.84. The molecular formula is C16H27NO. The van der Waals surface area contributed by atoms with E-state index in [0.29, 0.717) is 5.92 Å². The first-order valence-electron chi connectivity index (χ1n) is 6.80. The lowest BCUT2D eigenvalue weighted by Crippen LogP contribution is -2.45. The minimum absolute atomic E-state index is 0.0530. The molecule has 2 heteroatoms. The van der Waals surface area contributed by atoms with Gasteiger partial charge in [0.25, 0.3) is 0 Å². The van der Waals surface area contributed by atoms with E-state index in [1.165, 1.54) is 11.1 Å². The van der Waals surface area contributed by atoms with E-state index < -0.39 is 5.60 Å². The van der Waals surface area contributed by atoms with Crippen LogP contribution in [0.1, 0.15) is 64.6 Å². The molecule has 0 spiro atoms. The Labute approximate surface area is 111 Å². The SMILES string of the molecule is CC(C)c1ccc(C(C)NC(C)C(C)(C)O)cc1. The van der Waals surface area contributed by atoms with Crippen molar-refractivity contribution in [3.8, 4) is 0 Å². The van der Waals surface area contributed by atoms with Gasteiger partial charge in [-0.1, -0.05) is 38.1 Å². The van der Waals surface area contributed by atoms with Gasteiger partial charge >= 0.3 is 0 Å². The summed E-state index contributed by atoms with van der Waals surface area (Å²) in [6.07, 6.45) is 0. The predicted molar refractivity (Wildman–Crippen MR) is 77.8 cm³/mol. The van der Waals surface area contributed by atoms with Gasteiger partial charge in [-0.3, -0.25) is 0 Å². The highest BCUT2D eigenvalue weighted by atomic mass is 16.3. The molecule has 0 amide bonds. The van der Waals surface area contributed by atoms with Gasteiger partial charge in [-0.25, -0.2) is 0 Å². The zero-order valence-electron chi connectivity index (χ0n) is 12.5. The van der Waals surface area contributed by atoms with Gasteiger partial charge in [-0.15, -0.1) is 0 Å². The maximum atomic E-state index is 9.94. The second kappa shape index (κ2) is 5.85. The molecule has 2 N–H and O–H groups in total. The number of rotatable bonds is 5. The van der Waals surface area contributed by atoms with Gasteiger partial charge in [0.05, 0.1) is 5.60 Å². The van der Waals surface area contributed by atoms with Crippen molar-refractivity contribution in [3.05, 3.63) is 35.4 Å². The fraction of sp³-hybridized carbons (Fsp3) is 0.625. The fourth-order valence-electron chi connectivity index (χ4n) is 1.84. The van der Waals surface area contributed by atoms with Crippen LogP contribution >= 0.6 is 0 Å². The Morgan fingerprint density at radius 1 is 0.944 bits per heavy atom.